The number of nitro groups is 1. The molecule has 0 saturated heterocycles. The van der Waals surface area contributed by atoms with E-state index in [1.807, 2.05) is 30.3 Å². The van der Waals surface area contributed by atoms with Crippen LogP contribution in [-0.4, -0.2) is 29.2 Å². The second-order valence-corrected chi connectivity index (χ2v) is 11.3. The fourth-order valence-corrected chi connectivity index (χ4v) is 6.21. The summed E-state index contributed by atoms with van der Waals surface area (Å²) in [4.78, 5) is 43.7. The number of benzene rings is 3. The Hall–Kier alpha value is -5.26. The molecule has 0 bridgehead atoms. The topological polar surface area (TPSA) is 126 Å². The van der Waals surface area contributed by atoms with Crippen molar-refractivity contribution in [1.82, 2.24) is 4.57 Å². The maximum absolute atomic E-state index is 14.1. The van der Waals surface area contributed by atoms with Crippen LogP contribution >= 0.6 is 22.9 Å². The van der Waals surface area contributed by atoms with Gasteiger partial charge in [-0.25, -0.2) is 9.79 Å². The van der Waals surface area contributed by atoms with Gasteiger partial charge < -0.3 is 13.9 Å². The van der Waals surface area contributed by atoms with E-state index in [9.17, 15) is 19.7 Å². The van der Waals surface area contributed by atoms with Gasteiger partial charge in [-0.05, 0) is 42.8 Å². The molecule has 2 aromatic heterocycles. The molecular weight excluding hydrogens is 618 g/mol. The highest BCUT2D eigenvalue weighted by atomic mass is 35.5. The zero-order valence-corrected chi connectivity index (χ0v) is 25.5. The zero-order valence-electron chi connectivity index (χ0n) is 23.9. The fraction of sp³-hybridized carbons (Fsp3) is 0.121. The molecule has 0 spiro atoms. The van der Waals surface area contributed by atoms with Crippen LogP contribution in [0.1, 0.15) is 29.9 Å². The summed E-state index contributed by atoms with van der Waals surface area (Å²) in [6.07, 6.45) is 1.58. The Bertz CT molecular complexity index is 2150. The molecule has 10 nitrogen and oxygen atoms in total. The first-order valence-corrected chi connectivity index (χ1v) is 14.9. The second-order valence-electron chi connectivity index (χ2n) is 9.83. The first-order chi connectivity index (χ1) is 21.8. The van der Waals surface area contributed by atoms with Crippen LogP contribution in [0.4, 0.5) is 5.69 Å². The maximum Gasteiger partial charge on any atom is 0.338 e. The summed E-state index contributed by atoms with van der Waals surface area (Å²) >= 11 is 7.34. The van der Waals surface area contributed by atoms with Gasteiger partial charge in [0.25, 0.3) is 11.2 Å². The molecule has 12 heteroatoms. The van der Waals surface area contributed by atoms with Crippen LogP contribution in [0, 0.1) is 10.1 Å². The normalized spacial score (nSPS) is 14.6. The summed E-state index contributed by atoms with van der Waals surface area (Å²) in [5.74, 6) is 0.462. The number of furan rings is 1. The second kappa shape index (κ2) is 12.4. The molecule has 1 aliphatic rings. The molecule has 0 saturated carbocycles. The smallest absolute Gasteiger partial charge is 0.338 e. The van der Waals surface area contributed by atoms with Gasteiger partial charge in [-0.3, -0.25) is 19.5 Å². The van der Waals surface area contributed by atoms with Crippen molar-refractivity contribution in [3.8, 4) is 17.1 Å². The van der Waals surface area contributed by atoms with Crippen molar-refractivity contribution in [3.05, 3.63) is 142 Å². The number of esters is 1. The Morgan fingerprint density at radius 2 is 1.87 bits per heavy atom. The van der Waals surface area contributed by atoms with E-state index in [1.165, 1.54) is 29.9 Å². The average molecular weight is 642 g/mol. The predicted octanol–water partition coefficient (Wildman–Crippen LogP) is 5.77. The number of ether oxygens (including phenoxy) is 2. The Morgan fingerprint density at radius 3 is 2.56 bits per heavy atom. The lowest BCUT2D eigenvalue weighted by Gasteiger charge is -2.25. The molecular formula is C33H24ClN3O7S. The highest BCUT2D eigenvalue weighted by Gasteiger charge is 2.35. The monoisotopic (exact) mass is 641 g/mol. The van der Waals surface area contributed by atoms with Gasteiger partial charge in [-0.1, -0.05) is 65.4 Å². The van der Waals surface area contributed by atoms with E-state index in [1.54, 1.807) is 49.4 Å². The number of non-ortho nitro benzene ring substituents is 1. The van der Waals surface area contributed by atoms with E-state index in [2.05, 4.69) is 0 Å². The van der Waals surface area contributed by atoms with E-state index in [4.69, 9.17) is 30.5 Å². The largest absolute Gasteiger partial charge is 0.496 e. The first kappa shape index (κ1) is 29.8. The van der Waals surface area contributed by atoms with Crippen LogP contribution in [-0.2, 0) is 9.53 Å². The fourth-order valence-electron chi connectivity index (χ4n) is 5.11. The predicted molar refractivity (Wildman–Crippen MR) is 170 cm³/mol. The molecule has 3 heterocycles. The van der Waals surface area contributed by atoms with Crippen LogP contribution in [0.3, 0.4) is 0 Å². The minimum absolute atomic E-state index is 0.120. The molecule has 6 rings (SSSR count). The molecule has 1 unspecified atom stereocenters. The van der Waals surface area contributed by atoms with Crippen molar-refractivity contribution in [2.75, 3.05) is 13.7 Å². The molecule has 45 heavy (non-hydrogen) atoms. The van der Waals surface area contributed by atoms with Gasteiger partial charge in [0.05, 0.1) is 46.0 Å². The van der Waals surface area contributed by atoms with Crippen molar-refractivity contribution in [2.45, 2.75) is 13.0 Å². The standard InChI is InChI=1S/C33H24ClN3O7S/c1-3-43-32(39)28-29(19-7-5-4-6-8-19)35-33-36(30(28)20-9-11-21(34)12-10-20)31(38)27(45-33)18-23-14-16-26(44-23)24-17-22(37(40)41)13-15-25(24)42-2/h4-18,30H,3H2,1-2H3/b27-18-. The zero-order chi connectivity index (χ0) is 31.7. The third-order valence-corrected chi connectivity index (χ3v) is 8.35. The van der Waals surface area contributed by atoms with Gasteiger partial charge >= 0.3 is 5.97 Å². The average Bonchev–Trinajstić information content (AvgIpc) is 3.64. The van der Waals surface area contributed by atoms with E-state index >= 15 is 0 Å². The van der Waals surface area contributed by atoms with Crippen LogP contribution in [0.15, 0.2) is 105 Å². The van der Waals surface area contributed by atoms with Gasteiger partial charge in [0.1, 0.15) is 17.3 Å². The minimum atomic E-state index is -0.851. The van der Waals surface area contributed by atoms with Crippen LogP contribution in [0.5, 0.6) is 5.75 Å². The number of hydrogen-bond acceptors (Lipinski definition) is 9. The van der Waals surface area contributed by atoms with Gasteiger partial charge in [0, 0.05) is 28.8 Å². The third-order valence-electron chi connectivity index (χ3n) is 7.12. The molecule has 1 atom stereocenters. The van der Waals surface area contributed by atoms with Gasteiger partial charge in [0.2, 0.25) is 0 Å². The molecule has 0 fully saturated rings. The number of halogens is 1. The molecule has 0 aliphatic carbocycles. The molecule has 3 aromatic carbocycles. The summed E-state index contributed by atoms with van der Waals surface area (Å²) < 4.78 is 18.7. The number of hydrogen-bond donors (Lipinski definition) is 0. The van der Waals surface area contributed by atoms with Gasteiger partial charge in [-0.2, -0.15) is 0 Å². The quantitative estimate of drug-likeness (QED) is 0.120. The van der Waals surface area contributed by atoms with Crippen molar-refractivity contribution < 1.29 is 23.6 Å². The van der Waals surface area contributed by atoms with Crippen molar-refractivity contribution in [2.24, 2.45) is 4.99 Å². The lowest BCUT2D eigenvalue weighted by molar-refractivity contribution is -0.384. The van der Waals surface area contributed by atoms with E-state index < -0.39 is 22.5 Å². The van der Waals surface area contributed by atoms with Crippen LogP contribution in [0.25, 0.3) is 23.1 Å². The van der Waals surface area contributed by atoms with Crippen molar-refractivity contribution >= 4 is 46.4 Å². The number of rotatable bonds is 8. The number of aromatic nitrogens is 1. The highest BCUT2D eigenvalue weighted by molar-refractivity contribution is 7.07. The number of nitrogens with zero attached hydrogens (tertiary/aromatic N) is 3. The summed E-state index contributed by atoms with van der Waals surface area (Å²) in [7, 11) is 1.46. The van der Waals surface area contributed by atoms with E-state index in [-0.39, 0.29) is 17.9 Å². The Balaban J connectivity index is 1.54. The molecule has 0 N–H and O–H groups in total. The van der Waals surface area contributed by atoms with Gasteiger partial charge in [-0.15, -0.1) is 0 Å². The van der Waals surface area contributed by atoms with Crippen molar-refractivity contribution in [1.29, 1.82) is 0 Å². The van der Waals surface area contributed by atoms with Crippen LogP contribution < -0.4 is 19.6 Å². The highest BCUT2D eigenvalue weighted by Crippen LogP contribution is 2.36. The molecule has 5 aromatic rings. The SMILES string of the molecule is CCOC(=O)C1=C(c2ccccc2)N=c2s/c(=C\c3ccc(-c4cc([N+](=O)[O-])ccc4OC)o3)c(=O)n2C1c1ccc(Cl)cc1. The Labute approximate surface area is 264 Å². The molecule has 0 amide bonds. The maximum atomic E-state index is 14.1. The minimum Gasteiger partial charge on any atom is -0.496 e. The number of carbonyl (C=O) groups excluding carboxylic acids is 1. The molecule has 0 radical (unpaired) electrons. The third kappa shape index (κ3) is 5.70. The summed E-state index contributed by atoms with van der Waals surface area (Å²) in [5, 5.41) is 11.9. The number of methoxy groups -OCH3 is 1. The van der Waals surface area contributed by atoms with Crippen LogP contribution in [0.2, 0.25) is 5.02 Å². The molecule has 226 valence electrons. The van der Waals surface area contributed by atoms with Crippen molar-refractivity contribution in [3.63, 3.8) is 0 Å². The Morgan fingerprint density at radius 1 is 1.11 bits per heavy atom. The van der Waals surface area contributed by atoms with E-state index in [0.29, 0.717) is 54.0 Å². The summed E-state index contributed by atoms with van der Waals surface area (Å²) in [5.41, 5.74) is 1.85. The Kier molecular flexibility index (Phi) is 8.20. The summed E-state index contributed by atoms with van der Waals surface area (Å²) in [6, 6.07) is 22.8. The molecule has 1 aliphatic heterocycles. The van der Waals surface area contributed by atoms with E-state index in [0.717, 1.165) is 11.3 Å². The lowest BCUT2D eigenvalue weighted by atomic mass is 9.93. The lowest BCUT2D eigenvalue weighted by Crippen LogP contribution is -2.39. The van der Waals surface area contributed by atoms with Gasteiger partial charge in [0.15, 0.2) is 4.80 Å². The number of thiazole rings is 1. The number of fused-ring (bicyclic) bond motifs is 1. The number of carbonyl (C=O) groups is 1. The summed E-state index contributed by atoms with van der Waals surface area (Å²) in [6.45, 7) is 1.85. The number of nitro benzene ring substituents is 1. The first-order valence-electron chi connectivity index (χ1n) is 13.8.